The van der Waals surface area contributed by atoms with Crippen molar-refractivity contribution in [3.63, 3.8) is 0 Å². The lowest BCUT2D eigenvalue weighted by atomic mass is 9.82. The highest BCUT2D eigenvalue weighted by atomic mass is 16.3. The zero-order valence-corrected chi connectivity index (χ0v) is 8.05. The van der Waals surface area contributed by atoms with Crippen molar-refractivity contribution in [3.8, 4) is 0 Å². The van der Waals surface area contributed by atoms with Crippen LogP contribution in [0.1, 0.15) is 45.4 Å². The topological polar surface area (TPSA) is 20.2 Å². The van der Waals surface area contributed by atoms with Gasteiger partial charge >= 0.3 is 0 Å². The third-order valence-corrected chi connectivity index (χ3v) is 2.97. The first-order valence-electron chi connectivity index (χ1n) is 5.11. The molecule has 0 amide bonds. The summed E-state index contributed by atoms with van der Waals surface area (Å²) in [6, 6.07) is 0. The lowest BCUT2D eigenvalue weighted by molar-refractivity contribution is 0.113. The van der Waals surface area contributed by atoms with Gasteiger partial charge < -0.3 is 5.11 Å². The largest absolute Gasteiger partial charge is 0.388 e. The molecule has 1 N–H and O–H groups in total. The van der Waals surface area contributed by atoms with E-state index in [0.29, 0.717) is 5.92 Å². The number of hydrogen-bond donors (Lipinski definition) is 1. The van der Waals surface area contributed by atoms with Gasteiger partial charge in [0.25, 0.3) is 0 Å². The summed E-state index contributed by atoms with van der Waals surface area (Å²) in [7, 11) is 0. The molecule has 1 nitrogen and oxygen atoms in total. The minimum Gasteiger partial charge on any atom is -0.388 e. The first-order valence-corrected chi connectivity index (χ1v) is 5.11. The van der Waals surface area contributed by atoms with Crippen LogP contribution in [0.15, 0.2) is 12.2 Å². The standard InChI is InChI=1S/C11H20O/c1-3-9(2)11(12)10-7-5-4-6-8-10/h10-12H,2-8H2,1H3. The second-order valence-corrected chi connectivity index (χ2v) is 3.85. The van der Waals surface area contributed by atoms with Crippen molar-refractivity contribution in [2.75, 3.05) is 0 Å². The molecule has 70 valence electrons. The number of aliphatic hydroxyl groups is 1. The maximum absolute atomic E-state index is 9.84. The number of rotatable bonds is 3. The van der Waals surface area contributed by atoms with E-state index in [-0.39, 0.29) is 6.10 Å². The van der Waals surface area contributed by atoms with Crippen LogP contribution in [0.25, 0.3) is 0 Å². The van der Waals surface area contributed by atoms with Crippen LogP contribution in [0.3, 0.4) is 0 Å². The molecule has 1 atom stereocenters. The van der Waals surface area contributed by atoms with E-state index in [1.54, 1.807) is 0 Å². The first kappa shape index (κ1) is 9.79. The maximum atomic E-state index is 9.84. The molecule has 1 aliphatic rings. The quantitative estimate of drug-likeness (QED) is 0.642. The third kappa shape index (κ3) is 2.34. The molecule has 0 aliphatic heterocycles. The van der Waals surface area contributed by atoms with E-state index in [9.17, 15) is 5.11 Å². The minimum atomic E-state index is -0.227. The van der Waals surface area contributed by atoms with Crippen molar-refractivity contribution in [2.45, 2.75) is 51.6 Å². The molecule has 0 aromatic heterocycles. The van der Waals surface area contributed by atoms with Gasteiger partial charge in [-0.2, -0.15) is 0 Å². The summed E-state index contributed by atoms with van der Waals surface area (Å²) < 4.78 is 0. The Kier molecular flexibility index (Phi) is 3.80. The van der Waals surface area contributed by atoms with Gasteiger partial charge in [-0.1, -0.05) is 32.8 Å². The predicted molar refractivity (Wildman–Crippen MR) is 52.0 cm³/mol. The lowest BCUT2D eigenvalue weighted by Crippen LogP contribution is -2.24. The molecule has 0 heterocycles. The molecular weight excluding hydrogens is 148 g/mol. The maximum Gasteiger partial charge on any atom is 0.0775 e. The van der Waals surface area contributed by atoms with Gasteiger partial charge in [-0.3, -0.25) is 0 Å². The molecule has 1 unspecified atom stereocenters. The van der Waals surface area contributed by atoms with Crippen LogP contribution in [-0.2, 0) is 0 Å². The zero-order chi connectivity index (χ0) is 8.97. The molecule has 0 saturated heterocycles. The average Bonchev–Trinajstić information content (AvgIpc) is 2.17. The van der Waals surface area contributed by atoms with E-state index in [0.717, 1.165) is 12.0 Å². The molecular formula is C11H20O. The summed E-state index contributed by atoms with van der Waals surface area (Å²) in [4.78, 5) is 0. The molecule has 0 aromatic carbocycles. The zero-order valence-electron chi connectivity index (χ0n) is 8.05. The van der Waals surface area contributed by atoms with E-state index in [2.05, 4.69) is 13.5 Å². The van der Waals surface area contributed by atoms with Gasteiger partial charge in [-0.25, -0.2) is 0 Å². The van der Waals surface area contributed by atoms with Crippen LogP contribution in [0.4, 0.5) is 0 Å². The third-order valence-electron chi connectivity index (χ3n) is 2.97. The Balaban J connectivity index is 2.39. The first-order chi connectivity index (χ1) is 5.75. The summed E-state index contributed by atoms with van der Waals surface area (Å²) in [5, 5.41) is 9.84. The van der Waals surface area contributed by atoms with E-state index in [1.165, 1.54) is 32.1 Å². The predicted octanol–water partition coefficient (Wildman–Crippen LogP) is 2.89. The number of hydrogen-bond acceptors (Lipinski definition) is 1. The smallest absolute Gasteiger partial charge is 0.0775 e. The minimum absolute atomic E-state index is 0.227. The number of aliphatic hydroxyl groups excluding tert-OH is 1. The van der Waals surface area contributed by atoms with Crippen LogP contribution in [0.2, 0.25) is 0 Å². The summed E-state index contributed by atoms with van der Waals surface area (Å²) in [6.07, 6.45) is 7.01. The highest BCUT2D eigenvalue weighted by Gasteiger charge is 2.22. The summed E-state index contributed by atoms with van der Waals surface area (Å²) >= 11 is 0. The molecule has 12 heavy (non-hydrogen) atoms. The molecule has 0 aromatic rings. The highest BCUT2D eigenvalue weighted by Crippen LogP contribution is 2.29. The second-order valence-electron chi connectivity index (χ2n) is 3.85. The van der Waals surface area contributed by atoms with Gasteiger partial charge in [0.05, 0.1) is 6.10 Å². The van der Waals surface area contributed by atoms with Crippen LogP contribution >= 0.6 is 0 Å². The van der Waals surface area contributed by atoms with Gasteiger partial charge in [-0.15, -0.1) is 0 Å². The average molecular weight is 168 g/mol. The summed E-state index contributed by atoms with van der Waals surface area (Å²) in [6.45, 7) is 5.96. The van der Waals surface area contributed by atoms with E-state index in [4.69, 9.17) is 0 Å². The molecule has 1 saturated carbocycles. The van der Waals surface area contributed by atoms with Crippen LogP contribution in [0, 0.1) is 5.92 Å². The Labute approximate surface area is 75.5 Å². The molecule has 0 spiro atoms. The fraction of sp³-hybridized carbons (Fsp3) is 0.818. The Hall–Kier alpha value is -0.300. The van der Waals surface area contributed by atoms with Crippen LogP contribution in [0.5, 0.6) is 0 Å². The van der Waals surface area contributed by atoms with E-state index >= 15 is 0 Å². The van der Waals surface area contributed by atoms with Gasteiger partial charge in [0, 0.05) is 0 Å². The summed E-state index contributed by atoms with van der Waals surface area (Å²) in [5.41, 5.74) is 1.02. The fourth-order valence-corrected chi connectivity index (χ4v) is 1.99. The van der Waals surface area contributed by atoms with Crippen LogP contribution < -0.4 is 0 Å². The van der Waals surface area contributed by atoms with Gasteiger partial charge in [-0.05, 0) is 30.8 Å². The van der Waals surface area contributed by atoms with Gasteiger partial charge in [0.1, 0.15) is 0 Å². The van der Waals surface area contributed by atoms with Crippen molar-refractivity contribution in [1.29, 1.82) is 0 Å². The molecule has 0 bridgehead atoms. The molecule has 0 radical (unpaired) electrons. The Morgan fingerprint density at radius 2 is 2.00 bits per heavy atom. The second kappa shape index (κ2) is 4.66. The van der Waals surface area contributed by atoms with E-state index < -0.39 is 0 Å². The van der Waals surface area contributed by atoms with Crippen molar-refractivity contribution in [2.24, 2.45) is 5.92 Å². The Bertz CT molecular complexity index is 145. The monoisotopic (exact) mass is 168 g/mol. The van der Waals surface area contributed by atoms with Gasteiger partial charge in [0.2, 0.25) is 0 Å². The fourth-order valence-electron chi connectivity index (χ4n) is 1.99. The molecule has 1 heteroatoms. The van der Waals surface area contributed by atoms with Crippen molar-refractivity contribution in [1.82, 2.24) is 0 Å². The van der Waals surface area contributed by atoms with E-state index in [1.807, 2.05) is 0 Å². The van der Waals surface area contributed by atoms with Crippen molar-refractivity contribution < 1.29 is 5.11 Å². The Morgan fingerprint density at radius 3 is 2.50 bits per heavy atom. The highest BCUT2D eigenvalue weighted by molar-refractivity contribution is 5.03. The normalized spacial score (nSPS) is 22.2. The molecule has 1 aliphatic carbocycles. The molecule has 1 fully saturated rings. The lowest BCUT2D eigenvalue weighted by Gasteiger charge is -2.27. The van der Waals surface area contributed by atoms with Crippen molar-refractivity contribution in [3.05, 3.63) is 12.2 Å². The van der Waals surface area contributed by atoms with Crippen LogP contribution in [-0.4, -0.2) is 11.2 Å². The van der Waals surface area contributed by atoms with Crippen molar-refractivity contribution >= 4 is 0 Å². The summed E-state index contributed by atoms with van der Waals surface area (Å²) in [5.74, 6) is 0.506. The van der Waals surface area contributed by atoms with Gasteiger partial charge in [0.15, 0.2) is 0 Å². The molecule has 1 rings (SSSR count). The SMILES string of the molecule is C=C(CC)C(O)C1CCCCC1. The Morgan fingerprint density at radius 1 is 1.42 bits per heavy atom.